The van der Waals surface area contributed by atoms with Crippen molar-refractivity contribution in [1.82, 2.24) is 14.8 Å². The summed E-state index contributed by atoms with van der Waals surface area (Å²) >= 11 is 0. The molecule has 1 saturated heterocycles. The Balaban J connectivity index is 1.54. The van der Waals surface area contributed by atoms with Crippen molar-refractivity contribution >= 4 is 22.7 Å². The van der Waals surface area contributed by atoms with Crippen LogP contribution in [0.25, 0.3) is 22.2 Å². The minimum absolute atomic E-state index is 0.0106. The van der Waals surface area contributed by atoms with E-state index in [4.69, 9.17) is 4.74 Å². The van der Waals surface area contributed by atoms with Crippen molar-refractivity contribution in [2.24, 2.45) is 0 Å². The Morgan fingerprint density at radius 1 is 1.00 bits per heavy atom. The molecule has 176 valence electrons. The topological polar surface area (TPSA) is 65.6 Å². The summed E-state index contributed by atoms with van der Waals surface area (Å²) in [4.78, 5) is 34.1. The summed E-state index contributed by atoms with van der Waals surface area (Å²) in [6.07, 6.45) is 2.04. The van der Waals surface area contributed by atoms with Gasteiger partial charge in [-0.15, -0.1) is 0 Å². The third-order valence-electron chi connectivity index (χ3n) is 7.20. The quantitative estimate of drug-likeness (QED) is 0.451. The number of aromatic nitrogens is 1. The Labute approximate surface area is 204 Å². The van der Waals surface area contributed by atoms with Gasteiger partial charge in [0.1, 0.15) is 12.3 Å². The molecule has 0 spiro atoms. The smallest absolute Gasteiger partial charge is 0.255 e. The van der Waals surface area contributed by atoms with E-state index in [1.54, 1.807) is 12.0 Å². The molecule has 1 fully saturated rings. The second kappa shape index (κ2) is 8.62. The van der Waals surface area contributed by atoms with Gasteiger partial charge >= 0.3 is 0 Å². The second-order valence-corrected chi connectivity index (χ2v) is 9.20. The molecule has 2 aliphatic rings. The molecule has 2 amide bonds. The largest absolute Gasteiger partial charge is 0.497 e. The highest BCUT2D eigenvalue weighted by molar-refractivity contribution is 6.03. The van der Waals surface area contributed by atoms with Gasteiger partial charge in [-0.25, -0.2) is 0 Å². The van der Waals surface area contributed by atoms with Gasteiger partial charge in [-0.05, 0) is 42.7 Å². The number of likely N-dealkylation sites (tertiary alicyclic amines) is 1. The molecule has 0 radical (unpaired) electrons. The first kappa shape index (κ1) is 21.5. The number of rotatable bonds is 5. The number of carbonyl (C=O) groups is 2. The maximum Gasteiger partial charge on any atom is 0.255 e. The molecule has 1 N–H and O–H groups in total. The summed E-state index contributed by atoms with van der Waals surface area (Å²) in [6.45, 7) is 1.59. The first-order valence-corrected chi connectivity index (χ1v) is 12.1. The van der Waals surface area contributed by atoms with Crippen LogP contribution in [0.3, 0.4) is 0 Å². The molecule has 2 aliphatic heterocycles. The molecule has 0 bridgehead atoms. The van der Waals surface area contributed by atoms with Gasteiger partial charge in [0, 0.05) is 40.7 Å². The van der Waals surface area contributed by atoms with Gasteiger partial charge in [-0.1, -0.05) is 48.5 Å². The number of aromatic amines is 1. The van der Waals surface area contributed by atoms with Crippen LogP contribution in [-0.2, 0) is 4.79 Å². The molecule has 6 heteroatoms. The number of fused-ring (bicyclic) bond motifs is 2. The Morgan fingerprint density at radius 3 is 2.60 bits per heavy atom. The zero-order valence-corrected chi connectivity index (χ0v) is 19.7. The highest BCUT2D eigenvalue weighted by Gasteiger charge is 2.41. The van der Waals surface area contributed by atoms with Crippen LogP contribution in [-0.4, -0.2) is 53.3 Å². The first-order valence-electron chi connectivity index (χ1n) is 12.1. The predicted molar refractivity (Wildman–Crippen MR) is 135 cm³/mol. The Morgan fingerprint density at radius 2 is 1.77 bits per heavy atom. The minimum atomic E-state index is -0.373. The third-order valence-corrected chi connectivity index (χ3v) is 7.20. The van der Waals surface area contributed by atoms with E-state index in [1.165, 1.54) is 0 Å². The summed E-state index contributed by atoms with van der Waals surface area (Å²) in [7, 11) is 1.66. The molecule has 6 rings (SSSR count). The summed E-state index contributed by atoms with van der Waals surface area (Å²) in [5.41, 5.74) is 5.48. The molecule has 0 saturated carbocycles. The van der Waals surface area contributed by atoms with Crippen LogP contribution >= 0.6 is 0 Å². The number of carbonyl (C=O) groups excluding carboxylic acids is 2. The molecule has 35 heavy (non-hydrogen) atoms. The maximum absolute atomic E-state index is 13.7. The maximum atomic E-state index is 13.7. The van der Waals surface area contributed by atoms with E-state index < -0.39 is 0 Å². The number of para-hydroxylation sites is 1. The summed E-state index contributed by atoms with van der Waals surface area (Å²) in [6, 6.07) is 23.4. The van der Waals surface area contributed by atoms with Crippen LogP contribution < -0.4 is 4.74 Å². The van der Waals surface area contributed by atoms with Crippen molar-refractivity contribution < 1.29 is 14.3 Å². The Kier molecular flexibility index (Phi) is 5.29. The van der Waals surface area contributed by atoms with E-state index in [-0.39, 0.29) is 24.4 Å². The lowest BCUT2D eigenvalue weighted by Crippen LogP contribution is -2.41. The number of nitrogens with zero attached hydrogens (tertiary/aromatic N) is 2. The van der Waals surface area contributed by atoms with Crippen LogP contribution in [0, 0.1) is 0 Å². The fourth-order valence-electron chi connectivity index (χ4n) is 5.51. The fourth-order valence-corrected chi connectivity index (χ4v) is 5.51. The predicted octanol–water partition coefficient (Wildman–Crippen LogP) is 5.01. The normalized spacial score (nSPS) is 17.3. The SMILES string of the molecule is COc1cccc(-c2[nH]c3ccccc3c2[C@H]2c3ccccc3C(=O)N2CC(=O)N2CCCC2)c1. The van der Waals surface area contributed by atoms with Gasteiger partial charge in [-0.3, -0.25) is 9.59 Å². The lowest BCUT2D eigenvalue weighted by Gasteiger charge is -2.28. The highest BCUT2D eigenvalue weighted by atomic mass is 16.5. The number of H-pyrrole nitrogens is 1. The van der Waals surface area contributed by atoms with E-state index in [1.807, 2.05) is 71.6 Å². The Bertz CT molecular complexity index is 1430. The van der Waals surface area contributed by atoms with Gasteiger partial charge in [0.25, 0.3) is 5.91 Å². The second-order valence-electron chi connectivity index (χ2n) is 9.20. The van der Waals surface area contributed by atoms with E-state index in [9.17, 15) is 9.59 Å². The highest BCUT2D eigenvalue weighted by Crippen LogP contribution is 2.45. The van der Waals surface area contributed by atoms with Crippen LogP contribution in [0.15, 0.2) is 72.8 Å². The van der Waals surface area contributed by atoms with Crippen molar-refractivity contribution in [2.45, 2.75) is 18.9 Å². The number of nitrogens with one attached hydrogen (secondary N) is 1. The molecule has 0 aliphatic carbocycles. The van der Waals surface area contributed by atoms with Crippen molar-refractivity contribution in [3.8, 4) is 17.0 Å². The number of methoxy groups -OCH3 is 1. The van der Waals surface area contributed by atoms with Crippen LogP contribution in [0.5, 0.6) is 5.75 Å². The van der Waals surface area contributed by atoms with Crippen LogP contribution in [0.2, 0.25) is 0 Å². The summed E-state index contributed by atoms with van der Waals surface area (Å²) < 4.78 is 5.49. The zero-order chi connectivity index (χ0) is 23.9. The van der Waals surface area contributed by atoms with Crippen molar-refractivity contribution in [3.05, 3.63) is 89.5 Å². The molecule has 1 aromatic heterocycles. The van der Waals surface area contributed by atoms with Crippen molar-refractivity contribution in [2.75, 3.05) is 26.7 Å². The van der Waals surface area contributed by atoms with E-state index in [2.05, 4.69) is 11.1 Å². The number of benzene rings is 3. The molecule has 3 heterocycles. The number of amides is 2. The average Bonchev–Trinajstić information content (AvgIpc) is 3.62. The van der Waals surface area contributed by atoms with E-state index in [0.29, 0.717) is 5.56 Å². The standard InChI is InChI=1S/C29H27N3O3/c1-35-20-10-8-9-19(17-20)27-26(23-13-4-5-14-24(23)30-27)28-21-11-2-3-12-22(21)29(34)32(28)18-25(33)31-15-6-7-16-31/h2-5,8-14,17,28,30H,6-7,15-16,18H2,1H3/t28-/m1/s1. The van der Waals surface area contributed by atoms with E-state index >= 15 is 0 Å². The van der Waals surface area contributed by atoms with Crippen LogP contribution in [0.4, 0.5) is 0 Å². The molecular weight excluding hydrogens is 438 g/mol. The lowest BCUT2D eigenvalue weighted by molar-refractivity contribution is -0.131. The van der Waals surface area contributed by atoms with Gasteiger partial charge in [0.2, 0.25) is 5.91 Å². The number of ether oxygens (including phenoxy) is 1. The van der Waals surface area contributed by atoms with Gasteiger partial charge < -0.3 is 19.5 Å². The Hall–Kier alpha value is -4.06. The molecular formula is C29H27N3O3. The van der Waals surface area contributed by atoms with Gasteiger partial charge in [0.15, 0.2) is 0 Å². The molecule has 0 unspecified atom stereocenters. The minimum Gasteiger partial charge on any atom is -0.497 e. The fraction of sp³-hybridized carbons (Fsp3) is 0.241. The molecule has 6 nitrogen and oxygen atoms in total. The summed E-state index contributed by atoms with van der Waals surface area (Å²) in [5, 5.41) is 1.04. The third kappa shape index (κ3) is 3.57. The van der Waals surface area contributed by atoms with Crippen LogP contribution in [0.1, 0.15) is 40.4 Å². The van der Waals surface area contributed by atoms with Crippen molar-refractivity contribution in [3.63, 3.8) is 0 Å². The molecule has 4 aromatic rings. The zero-order valence-electron chi connectivity index (χ0n) is 19.7. The first-order chi connectivity index (χ1) is 17.2. The number of hydrogen-bond donors (Lipinski definition) is 1. The lowest BCUT2D eigenvalue weighted by atomic mass is 9.93. The summed E-state index contributed by atoms with van der Waals surface area (Å²) in [5.74, 6) is 0.674. The molecule has 3 aromatic carbocycles. The molecule has 1 atom stereocenters. The van der Waals surface area contributed by atoms with E-state index in [0.717, 1.165) is 65.0 Å². The van der Waals surface area contributed by atoms with Gasteiger partial charge in [0.05, 0.1) is 18.8 Å². The van der Waals surface area contributed by atoms with Crippen molar-refractivity contribution in [1.29, 1.82) is 0 Å². The monoisotopic (exact) mass is 465 g/mol. The van der Waals surface area contributed by atoms with Gasteiger partial charge in [-0.2, -0.15) is 0 Å². The average molecular weight is 466 g/mol. The number of hydrogen-bond acceptors (Lipinski definition) is 3.